The van der Waals surface area contributed by atoms with E-state index in [2.05, 4.69) is 0 Å². The van der Waals surface area contributed by atoms with Gasteiger partial charge in [0.2, 0.25) is 0 Å². The number of ether oxygens (including phenoxy) is 2. The Kier molecular flexibility index (Phi) is 5.41. The molecule has 0 fully saturated rings. The van der Waals surface area contributed by atoms with E-state index in [0.29, 0.717) is 17.9 Å². The summed E-state index contributed by atoms with van der Waals surface area (Å²) in [6.07, 6.45) is -11.7. The molecule has 2 aromatic carbocycles. The molecule has 9 heteroatoms. The maximum atomic E-state index is 12.9. The lowest BCUT2D eigenvalue weighted by Gasteiger charge is -2.18. The molecule has 0 aromatic heterocycles. The molecule has 3 nitrogen and oxygen atoms in total. The van der Waals surface area contributed by atoms with E-state index in [-0.39, 0.29) is 17.4 Å². The van der Waals surface area contributed by atoms with E-state index < -0.39 is 35.1 Å². The number of aliphatic hydroxyl groups excluding tert-OH is 1. The van der Waals surface area contributed by atoms with E-state index in [1.165, 1.54) is 32.4 Å². The predicted octanol–water partition coefficient (Wildman–Crippen LogP) is 4.82. The van der Waals surface area contributed by atoms with E-state index in [1.807, 2.05) is 0 Å². The molecule has 0 aliphatic carbocycles. The van der Waals surface area contributed by atoms with E-state index in [0.717, 1.165) is 0 Å². The summed E-state index contributed by atoms with van der Waals surface area (Å²) in [4.78, 5) is 0. The maximum Gasteiger partial charge on any atom is 0.416 e. The van der Waals surface area contributed by atoms with Crippen molar-refractivity contribution < 1.29 is 40.9 Å². The summed E-state index contributed by atoms with van der Waals surface area (Å²) < 4.78 is 87.6. The van der Waals surface area contributed by atoms with Crippen LogP contribution in [0.3, 0.4) is 0 Å². The minimum atomic E-state index is -4.99. The zero-order valence-electron chi connectivity index (χ0n) is 13.6. The Balaban J connectivity index is 2.56. The summed E-state index contributed by atoms with van der Waals surface area (Å²) >= 11 is 0. The Bertz CT molecular complexity index is 751. The van der Waals surface area contributed by atoms with Crippen LogP contribution in [-0.2, 0) is 12.4 Å². The molecule has 0 aliphatic rings. The first-order chi connectivity index (χ1) is 12.0. The molecule has 0 aliphatic heterocycles. The van der Waals surface area contributed by atoms with E-state index in [1.54, 1.807) is 0 Å². The number of methoxy groups -OCH3 is 2. The van der Waals surface area contributed by atoms with Gasteiger partial charge in [0.25, 0.3) is 0 Å². The van der Waals surface area contributed by atoms with Crippen LogP contribution in [0.4, 0.5) is 26.3 Å². The van der Waals surface area contributed by atoms with Gasteiger partial charge in [-0.3, -0.25) is 0 Å². The van der Waals surface area contributed by atoms with Gasteiger partial charge in [-0.2, -0.15) is 26.3 Å². The van der Waals surface area contributed by atoms with Crippen molar-refractivity contribution in [3.63, 3.8) is 0 Å². The average Bonchev–Trinajstić information content (AvgIpc) is 2.58. The Morgan fingerprint density at radius 3 is 1.65 bits per heavy atom. The quantitative estimate of drug-likeness (QED) is 0.773. The van der Waals surface area contributed by atoms with Crippen LogP contribution < -0.4 is 9.47 Å². The van der Waals surface area contributed by atoms with Crippen LogP contribution in [0.1, 0.15) is 28.4 Å². The largest absolute Gasteiger partial charge is 0.493 e. The summed E-state index contributed by atoms with van der Waals surface area (Å²) in [6.45, 7) is 0. The monoisotopic (exact) mass is 380 g/mol. The van der Waals surface area contributed by atoms with Crippen LogP contribution in [-0.4, -0.2) is 19.3 Å². The van der Waals surface area contributed by atoms with Crippen LogP contribution >= 0.6 is 0 Å². The van der Waals surface area contributed by atoms with Crippen molar-refractivity contribution in [1.29, 1.82) is 0 Å². The van der Waals surface area contributed by atoms with Gasteiger partial charge in [0.05, 0.1) is 25.3 Å². The summed E-state index contributed by atoms with van der Waals surface area (Å²) in [6, 6.07) is 4.95. The van der Waals surface area contributed by atoms with Gasteiger partial charge in [-0.1, -0.05) is 6.07 Å². The smallest absolute Gasteiger partial charge is 0.416 e. The summed E-state index contributed by atoms with van der Waals surface area (Å²) in [5.74, 6) is 0.468. The fraction of sp³-hybridized carbons (Fsp3) is 0.294. The zero-order chi connectivity index (χ0) is 19.7. The number of halogens is 6. The summed E-state index contributed by atoms with van der Waals surface area (Å²) in [7, 11) is 2.66. The summed E-state index contributed by atoms with van der Waals surface area (Å²) in [5, 5.41) is 10.3. The molecule has 2 aromatic rings. The van der Waals surface area contributed by atoms with Gasteiger partial charge in [-0.15, -0.1) is 0 Å². The number of alkyl halides is 6. The lowest BCUT2D eigenvalue weighted by atomic mass is 9.96. The molecule has 0 bridgehead atoms. The molecular formula is C17H14F6O3. The van der Waals surface area contributed by atoms with Gasteiger partial charge in [0.15, 0.2) is 11.5 Å². The maximum absolute atomic E-state index is 12.9. The molecule has 1 N–H and O–H groups in total. The Hall–Kier alpha value is -2.42. The molecule has 0 radical (unpaired) electrons. The van der Waals surface area contributed by atoms with E-state index in [9.17, 15) is 31.4 Å². The SMILES string of the molecule is COc1ccc(C(O)c2cc(C(F)(F)F)cc(C(F)(F)F)c2)cc1OC. The first-order valence-electron chi connectivity index (χ1n) is 7.16. The van der Waals surface area contributed by atoms with Crippen molar-refractivity contribution in [2.75, 3.05) is 14.2 Å². The lowest BCUT2D eigenvalue weighted by Crippen LogP contribution is -2.13. The standard InChI is InChI=1S/C17H14F6O3/c1-25-13-4-3-9(7-14(13)26-2)15(24)10-5-11(16(18,19)20)8-12(6-10)17(21,22)23/h3-8,15,24H,1-2H3. The molecule has 1 unspecified atom stereocenters. The molecule has 0 saturated carbocycles. The topological polar surface area (TPSA) is 38.7 Å². The van der Waals surface area contributed by atoms with Crippen molar-refractivity contribution in [3.8, 4) is 11.5 Å². The number of hydrogen-bond acceptors (Lipinski definition) is 3. The molecule has 0 amide bonds. The van der Waals surface area contributed by atoms with Crippen LogP contribution in [0, 0.1) is 0 Å². The Morgan fingerprint density at radius 2 is 1.23 bits per heavy atom. The fourth-order valence-corrected chi connectivity index (χ4v) is 2.35. The van der Waals surface area contributed by atoms with Crippen LogP contribution in [0.15, 0.2) is 36.4 Å². The van der Waals surface area contributed by atoms with Crippen LogP contribution in [0.2, 0.25) is 0 Å². The highest BCUT2D eigenvalue weighted by atomic mass is 19.4. The second-order valence-corrected chi connectivity index (χ2v) is 5.36. The van der Waals surface area contributed by atoms with Crippen molar-refractivity contribution in [2.45, 2.75) is 18.5 Å². The predicted molar refractivity (Wildman–Crippen MR) is 80.1 cm³/mol. The van der Waals surface area contributed by atoms with Crippen molar-refractivity contribution in [3.05, 3.63) is 58.7 Å². The van der Waals surface area contributed by atoms with Gasteiger partial charge in [0, 0.05) is 0 Å². The molecule has 142 valence electrons. The molecule has 1 atom stereocenters. The van der Waals surface area contributed by atoms with Crippen molar-refractivity contribution in [2.24, 2.45) is 0 Å². The van der Waals surface area contributed by atoms with Crippen LogP contribution in [0.25, 0.3) is 0 Å². The third kappa shape index (κ3) is 4.21. The molecular weight excluding hydrogens is 366 g/mol. The number of aliphatic hydroxyl groups is 1. The molecule has 0 saturated heterocycles. The lowest BCUT2D eigenvalue weighted by molar-refractivity contribution is -0.143. The molecule has 2 rings (SSSR count). The minimum Gasteiger partial charge on any atom is -0.493 e. The third-order valence-corrected chi connectivity index (χ3v) is 3.65. The normalized spacial score (nSPS) is 13.4. The molecule has 26 heavy (non-hydrogen) atoms. The van der Waals surface area contributed by atoms with Gasteiger partial charge in [0.1, 0.15) is 6.10 Å². The van der Waals surface area contributed by atoms with Crippen molar-refractivity contribution >= 4 is 0 Å². The van der Waals surface area contributed by atoms with E-state index >= 15 is 0 Å². The zero-order valence-corrected chi connectivity index (χ0v) is 13.6. The Labute approximate surface area is 144 Å². The highest BCUT2D eigenvalue weighted by Crippen LogP contribution is 2.39. The Morgan fingerprint density at radius 1 is 0.731 bits per heavy atom. The number of benzene rings is 2. The number of rotatable bonds is 4. The first-order valence-corrected chi connectivity index (χ1v) is 7.16. The van der Waals surface area contributed by atoms with Gasteiger partial charge < -0.3 is 14.6 Å². The van der Waals surface area contributed by atoms with Gasteiger partial charge >= 0.3 is 12.4 Å². The van der Waals surface area contributed by atoms with Gasteiger partial charge in [-0.25, -0.2) is 0 Å². The number of hydrogen-bond donors (Lipinski definition) is 1. The average molecular weight is 380 g/mol. The fourth-order valence-electron chi connectivity index (χ4n) is 2.35. The van der Waals surface area contributed by atoms with Gasteiger partial charge in [-0.05, 0) is 41.5 Å². The second kappa shape index (κ2) is 7.06. The summed E-state index contributed by atoms with van der Waals surface area (Å²) in [5.41, 5.74) is -3.49. The minimum absolute atomic E-state index is 0.00479. The second-order valence-electron chi connectivity index (χ2n) is 5.36. The molecule has 0 heterocycles. The van der Waals surface area contributed by atoms with Crippen LogP contribution in [0.5, 0.6) is 11.5 Å². The highest BCUT2D eigenvalue weighted by Gasteiger charge is 2.37. The first kappa shape index (κ1) is 19.9. The highest BCUT2D eigenvalue weighted by molar-refractivity contribution is 5.46. The van der Waals surface area contributed by atoms with E-state index in [4.69, 9.17) is 9.47 Å². The molecule has 0 spiro atoms. The van der Waals surface area contributed by atoms with Crippen molar-refractivity contribution in [1.82, 2.24) is 0 Å². The third-order valence-electron chi connectivity index (χ3n) is 3.65.